The minimum atomic E-state index is -1.38. The average Bonchev–Trinajstić information content (AvgIpc) is 3.01. The third kappa shape index (κ3) is 6.11. The summed E-state index contributed by atoms with van der Waals surface area (Å²) in [7, 11) is 0. The SMILES string of the molecule is CC1(C)C(CC(Cl)(Cl)Cl)C1C(=O)OCc1cccc(OC=C(Cl)Cl)c1. The zero-order chi connectivity index (χ0) is 18.8. The second-order valence-electron chi connectivity index (χ2n) is 6.51. The van der Waals surface area contributed by atoms with E-state index in [0.29, 0.717) is 12.2 Å². The van der Waals surface area contributed by atoms with E-state index in [0.717, 1.165) is 5.56 Å². The minimum absolute atomic E-state index is 0.00721. The Balaban J connectivity index is 1.92. The van der Waals surface area contributed by atoms with Gasteiger partial charge in [-0.2, -0.15) is 0 Å². The predicted octanol–water partition coefficient (Wildman–Crippen LogP) is 6.42. The van der Waals surface area contributed by atoms with Gasteiger partial charge in [0.05, 0.1) is 5.92 Å². The zero-order valence-electron chi connectivity index (χ0n) is 13.6. The van der Waals surface area contributed by atoms with Crippen LogP contribution in [-0.2, 0) is 16.1 Å². The summed E-state index contributed by atoms with van der Waals surface area (Å²) in [6, 6.07) is 7.07. The van der Waals surface area contributed by atoms with Crippen molar-refractivity contribution < 1.29 is 14.3 Å². The van der Waals surface area contributed by atoms with Gasteiger partial charge >= 0.3 is 5.97 Å². The first kappa shape index (κ1) is 21.0. The summed E-state index contributed by atoms with van der Waals surface area (Å²) in [5.41, 5.74) is 0.537. The molecule has 0 N–H and O–H groups in total. The van der Waals surface area contributed by atoms with Gasteiger partial charge in [-0.3, -0.25) is 4.79 Å². The number of carbonyl (C=O) groups is 1. The number of rotatable bonds is 6. The van der Waals surface area contributed by atoms with Gasteiger partial charge in [0.2, 0.25) is 0 Å². The summed E-state index contributed by atoms with van der Waals surface area (Å²) in [5, 5.41) is 0. The van der Waals surface area contributed by atoms with Crippen LogP contribution in [0, 0.1) is 17.3 Å². The number of carbonyl (C=O) groups excluding carboxylic acids is 1. The highest BCUT2D eigenvalue weighted by molar-refractivity contribution is 6.67. The third-order valence-electron chi connectivity index (χ3n) is 4.32. The van der Waals surface area contributed by atoms with Crippen molar-refractivity contribution in [2.45, 2.75) is 30.7 Å². The van der Waals surface area contributed by atoms with E-state index in [4.69, 9.17) is 67.5 Å². The fraction of sp³-hybridized carbons (Fsp3) is 0.471. The van der Waals surface area contributed by atoms with E-state index < -0.39 is 3.79 Å². The lowest BCUT2D eigenvalue weighted by molar-refractivity contribution is -0.147. The van der Waals surface area contributed by atoms with Gasteiger partial charge in [-0.15, -0.1) is 0 Å². The molecular formula is C17H17Cl5O3. The number of hydrogen-bond donors (Lipinski definition) is 0. The number of esters is 1. The normalized spacial score (nSPS) is 21.4. The number of hydrogen-bond acceptors (Lipinski definition) is 3. The summed E-state index contributed by atoms with van der Waals surface area (Å²) in [4.78, 5) is 12.4. The van der Waals surface area contributed by atoms with Crippen LogP contribution in [0.5, 0.6) is 5.75 Å². The molecule has 0 bridgehead atoms. The van der Waals surface area contributed by atoms with Crippen molar-refractivity contribution in [1.82, 2.24) is 0 Å². The Morgan fingerprint density at radius 1 is 1.28 bits per heavy atom. The Hall–Kier alpha value is -0.320. The molecule has 1 aromatic carbocycles. The number of halogens is 5. The van der Waals surface area contributed by atoms with E-state index in [1.165, 1.54) is 6.26 Å². The van der Waals surface area contributed by atoms with Crippen molar-refractivity contribution in [3.05, 3.63) is 40.6 Å². The maximum absolute atomic E-state index is 12.4. The van der Waals surface area contributed by atoms with Crippen LogP contribution >= 0.6 is 58.0 Å². The van der Waals surface area contributed by atoms with Crippen LogP contribution in [0.1, 0.15) is 25.8 Å². The molecule has 1 saturated carbocycles. The Kier molecular flexibility index (Phi) is 6.83. The first-order valence-electron chi connectivity index (χ1n) is 7.51. The van der Waals surface area contributed by atoms with Gasteiger partial charge < -0.3 is 9.47 Å². The van der Waals surface area contributed by atoms with Crippen LogP contribution in [0.3, 0.4) is 0 Å². The lowest BCUT2D eigenvalue weighted by atomic mass is 10.1. The first-order valence-corrected chi connectivity index (χ1v) is 9.40. The van der Waals surface area contributed by atoms with E-state index in [2.05, 4.69) is 0 Å². The van der Waals surface area contributed by atoms with Crippen LogP contribution < -0.4 is 4.74 Å². The van der Waals surface area contributed by atoms with Crippen molar-refractivity contribution in [3.63, 3.8) is 0 Å². The minimum Gasteiger partial charge on any atom is -0.462 e. The highest BCUT2D eigenvalue weighted by atomic mass is 35.6. The van der Waals surface area contributed by atoms with Crippen molar-refractivity contribution in [3.8, 4) is 5.75 Å². The molecule has 1 aliphatic rings. The molecule has 2 unspecified atom stereocenters. The average molecular weight is 447 g/mol. The molecule has 2 atom stereocenters. The van der Waals surface area contributed by atoms with Crippen LogP contribution in [0.4, 0.5) is 0 Å². The molecule has 1 fully saturated rings. The molecule has 3 nitrogen and oxygen atoms in total. The molecule has 0 heterocycles. The molecule has 25 heavy (non-hydrogen) atoms. The van der Waals surface area contributed by atoms with E-state index in [-0.39, 0.29) is 34.3 Å². The Morgan fingerprint density at radius 3 is 2.56 bits per heavy atom. The highest BCUT2D eigenvalue weighted by Gasteiger charge is 2.63. The smallest absolute Gasteiger partial charge is 0.310 e. The van der Waals surface area contributed by atoms with Gasteiger partial charge in [0.1, 0.15) is 23.1 Å². The third-order valence-corrected chi connectivity index (χ3v) is 4.96. The molecular weight excluding hydrogens is 429 g/mol. The standard InChI is InChI=1S/C17H17Cl5O3/c1-16(2)12(7-17(20,21)22)14(16)15(23)25-8-10-4-3-5-11(6-10)24-9-13(18)19/h3-6,9,12,14H,7-8H2,1-2H3. The molecule has 0 aliphatic heterocycles. The van der Waals surface area contributed by atoms with Crippen molar-refractivity contribution in [1.29, 1.82) is 0 Å². The fourth-order valence-electron chi connectivity index (χ4n) is 2.91. The van der Waals surface area contributed by atoms with Gasteiger partial charge in [-0.25, -0.2) is 0 Å². The lowest BCUT2D eigenvalue weighted by Crippen LogP contribution is -2.11. The second-order valence-corrected chi connectivity index (χ2v) is 10.0. The number of alkyl halides is 3. The van der Waals surface area contributed by atoms with Crippen LogP contribution in [0.2, 0.25) is 0 Å². The summed E-state index contributed by atoms with van der Waals surface area (Å²) >= 11 is 28.6. The van der Waals surface area contributed by atoms with E-state index in [1.54, 1.807) is 18.2 Å². The first-order chi connectivity index (χ1) is 11.5. The monoisotopic (exact) mass is 444 g/mol. The highest BCUT2D eigenvalue weighted by Crippen LogP contribution is 2.63. The van der Waals surface area contributed by atoms with Crippen molar-refractivity contribution >= 4 is 64.0 Å². The van der Waals surface area contributed by atoms with Gasteiger partial charge in [0.15, 0.2) is 3.79 Å². The predicted molar refractivity (Wildman–Crippen MR) is 102 cm³/mol. The molecule has 0 radical (unpaired) electrons. The summed E-state index contributed by atoms with van der Waals surface area (Å²) in [6.45, 7) is 4.06. The quantitative estimate of drug-likeness (QED) is 0.287. The molecule has 0 aromatic heterocycles. The summed E-state index contributed by atoms with van der Waals surface area (Å²) < 4.78 is 9.32. The zero-order valence-corrected chi connectivity index (χ0v) is 17.3. The largest absolute Gasteiger partial charge is 0.462 e. The van der Waals surface area contributed by atoms with E-state index in [1.807, 2.05) is 19.9 Å². The molecule has 0 saturated heterocycles. The van der Waals surface area contributed by atoms with Gasteiger partial charge in [0.25, 0.3) is 0 Å². The van der Waals surface area contributed by atoms with E-state index >= 15 is 0 Å². The topological polar surface area (TPSA) is 35.5 Å². The summed E-state index contributed by atoms with van der Waals surface area (Å²) in [5.74, 6) is -0.0498. The Bertz CT molecular complexity index is 662. The Labute approximate surface area is 172 Å². The molecule has 8 heteroatoms. The fourth-order valence-corrected chi connectivity index (χ4v) is 3.50. The molecule has 0 amide bonds. The number of benzene rings is 1. The molecule has 1 aromatic rings. The molecule has 138 valence electrons. The summed E-state index contributed by atoms with van der Waals surface area (Å²) in [6.07, 6.45) is 1.53. The van der Waals surface area contributed by atoms with E-state index in [9.17, 15) is 4.79 Å². The van der Waals surface area contributed by atoms with Crippen LogP contribution in [0.15, 0.2) is 35.0 Å². The molecule has 1 aliphatic carbocycles. The van der Waals surface area contributed by atoms with Crippen LogP contribution in [0.25, 0.3) is 0 Å². The Morgan fingerprint density at radius 2 is 1.96 bits per heavy atom. The van der Waals surface area contributed by atoms with Crippen LogP contribution in [-0.4, -0.2) is 9.76 Å². The maximum Gasteiger partial charge on any atom is 0.310 e. The maximum atomic E-state index is 12.4. The van der Waals surface area contributed by atoms with Crippen molar-refractivity contribution in [2.75, 3.05) is 0 Å². The van der Waals surface area contributed by atoms with Gasteiger partial charge in [-0.1, -0.05) is 84.0 Å². The van der Waals surface area contributed by atoms with Gasteiger partial charge in [0, 0.05) is 0 Å². The second kappa shape index (κ2) is 8.14. The number of ether oxygens (including phenoxy) is 2. The molecule has 0 spiro atoms. The van der Waals surface area contributed by atoms with Crippen molar-refractivity contribution in [2.24, 2.45) is 17.3 Å². The lowest BCUT2D eigenvalue weighted by Gasteiger charge is -2.10. The van der Waals surface area contributed by atoms with Gasteiger partial charge in [-0.05, 0) is 35.4 Å². The molecule has 2 rings (SSSR count).